The zero-order valence-electron chi connectivity index (χ0n) is 12.0. The van der Waals surface area contributed by atoms with Crippen LogP contribution in [0, 0.1) is 0 Å². The van der Waals surface area contributed by atoms with E-state index in [1.807, 2.05) is 38.1 Å². The number of anilines is 1. The minimum Gasteiger partial charge on any atom is -0.491 e. The van der Waals surface area contributed by atoms with E-state index in [9.17, 15) is 5.11 Å². The number of benzene rings is 1. The highest BCUT2D eigenvalue weighted by Crippen LogP contribution is 2.21. The summed E-state index contributed by atoms with van der Waals surface area (Å²) >= 11 is 5.94. The van der Waals surface area contributed by atoms with Gasteiger partial charge < -0.3 is 15.2 Å². The summed E-state index contributed by atoms with van der Waals surface area (Å²) in [6.45, 7) is 4.25. The molecule has 1 atom stereocenters. The summed E-state index contributed by atoms with van der Waals surface area (Å²) in [5, 5.41) is 13.6. The summed E-state index contributed by atoms with van der Waals surface area (Å²) in [5.41, 5.74) is 0.795. The second kappa shape index (κ2) is 7.24. The van der Waals surface area contributed by atoms with Gasteiger partial charge in [0.25, 0.3) is 0 Å². The van der Waals surface area contributed by atoms with E-state index in [-0.39, 0.29) is 6.10 Å². The minimum atomic E-state index is -0.663. The molecule has 1 unspecified atom stereocenters. The SMILES string of the molecule is CC(C)Oc1ccc(C(O)CNc2ncncc2Cl)cc1. The smallest absolute Gasteiger partial charge is 0.148 e. The maximum atomic E-state index is 10.2. The van der Waals surface area contributed by atoms with Gasteiger partial charge >= 0.3 is 0 Å². The number of nitrogens with zero attached hydrogens (tertiary/aromatic N) is 2. The van der Waals surface area contributed by atoms with E-state index in [0.29, 0.717) is 17.4 Å². The van der Waals surface area contributed by atoms with Crippen LogP contribution in [0.5, 0.6) is 5.75 Å². The second-order valence-corrected chi connectivity index (χ2v) is 5.26. The topological polar surface area (TPSA) is 67.3 Å². The monoisotopic (exact) mass is 307 g/mol. The fourth-order valence-electron chi connectivity index (χ4n) is 1.79. The third-order valence-electron chi connectivity index (χ3n) is 2.77. The molecule has 2 N–H and O–H groups in total. The molecule has 0 aliphatic rings. The zero-order valence-corrected chi connectivity index (χ0v) is 12.7. The Labute approximate surface area is 129 Å². The summed E-state index contributed by atoms with van der Waals surface area (Å²) in [5.74, 6) is 1.29. The highest BCUT2D eigenvalue weighted by Gasteiger charge is 2.09. The first-order chi connectivity index (χ1) is 10.1. The van der Waals surface area contributed by atoms with Gasteiger partial charge in [-0.1, -0.05) is 23.7 Å². The van der Waals surface area contributed by atoms with Crippen LogP contribution in [0.2, 0.25) is 5.02 Å². The molecule has 0 bridgehead atoms. The summed E-state index contributed by atoms with van der Waals surface area (Å²) in [4.78, 5) is 7.81. The third kappa shape index (κ3) is 4.58. The van der Waals surface area contributed by atoms with Gasteiger partial charge in [0.1, 0.15) is 22.9 Å². The molecule has 0 amide bonds. The number of aromatic nitrogens is 2. The van der Waals surface area contributed by atoms with Crippen molar-refractivity contribution in [2.24, 2.45) is 0 Å². The fraction of sp³-hybridized carbons (Fsp3) is 0.333. The number of halogens is 1. The average Bonchev–Trinajstić information content (AvgIpc) is 2.46. The Bertz CT molecular complexity index is 575. The molecule has 0 saturated carbocycles. The van der Waals surface area contributed by atoms with E-state index in [4.69, 9.17) is 16.3 Å². The van der Waals surface area contributed by atoms with Crippen LogP contribution in [0.3, 0.4) is 0 Å². The second-order valence-electron chi connectivity index (χ2n) is 4.85. The average molecular weight is 308 g/mol. The molecular weight excluding hydrogens is 290 g/mol. The molecule has 0 fully saturated rings. The Morgan fingerprint density at radius 1 is 1.29 bits per heavy atom. The number of aliphatic hydroxyl groups excluding tert-OH is 1. The largest absolute Gasteiger partial charge is 0.491 e. The fourth-order valence-corrected chi connectivity index (χ4v) is 1.97. The van der Waals surface area contributed by atoms with E-state index in [1.165, 1.54) is 12.5 Å². The Morgan fingerprint density at radius 3 is 2.62 bits per heavy atom. The lowest BCUT2D eigenvalue weighted by Crippen LogP contribution is -2.13. The van der Waals surface area contributed by atoms with Crippen LogP contribution >= 0.6 is 11.6 Å². The van der Waals surface area contributed by atoms with Crippen LogP contribution in [0.25, 0.3) is 0 Å². The molecule has 0 aliphatic heterocycles. The van der Waals surface area contributed by atoms with Gasteiger partial charge in [0.05, 0.1) is 18.4 Å². The van der Waals surface area contributed by atoms with Crippen molar-refractivity contribution in [3.63, 3.8) is 0 Å². The van der Waals surface area contributed by atoms with Gasteiger partial charge in [-0.3, -0.25) is 0 Å². The number of ether oxygens (including phenoxy) is 1. The number of aliphatic hydroxyl groups is 1. The van der Waals surface area contributed by atoms with Gasteiger partial charge in [0.15, 0.2) is 0 Å². The van der Waals surface area contributed by atoms with E-state index < -0.39 is 6.10 Å². The van der Waals surface area contributed by atoms with Crippen molar-refractivity contribution in [1.82, 2.24) is 9.97 Å². The first-order valence-corrected chi connectivity index (χ1v) is 7.08. The zero-order chi connectivity index (χ0) is 15.2. The van der Waals surface area contributed by atoms with Crippen molar-refractivity contribution in [1.29, 1.82) is 0 Å². The molecule has 0 aliphatic carbocycles. The standard InChI is InChI=1S/C15H18ClN3O2/c1-10(2)21-12-5-3-11(4-6-12)14(20)8-18-15-13(16)7-17-9-19-15/h3-7,9-10,14,20H,8H2,1-2H3,(H,17,18,19). The van der Waals surface area contributed by atoms with Gasteiger partial charge in [-0.05, 0) is 31.5 Å². The molecule has 1 aromatic heterocycles. The maximum absolute atomic E-state index is 10.2. The van der Waals surface area contributed by atoms with Crippen LogP contribution < -0.4 is 10.1 Å². The molecule has 112 valence electrons. The van der Waals surface area contributed by atoms with Crippen LogP contribution in [0.4, 0.5) is 5.82 Å². The molecule has 21 heavy (non-hydrogen) atoms. The number of hydrogen-bond acceptors (Lipinski definition) is 5. The van der Waals surface area contributed by atoms with Gasteiger partial charge in [-0.25, -0.2) is 9.97 Å². The van der Waals surface area contributed by atoms with Crippen LogP contribution in [-0.2, 0) is 0 Å². The quantitative estimate of drug-likeness (QED) is 0.858. The highest BCUT2D eigenvalue weighted by molar-refractivity contribution is 6.32. The van der Waals surface area contributed by atoms with E-state index in [1.54, 1.807) is 0 Å². The molecule has 0 radical (unpaired) electrons. The van der Waals surface area contributed by atoms with Crippen molar-refractivity contribution >= 4 is 17.4 Å². The van der Waals surface area contributed by atoms with Crippen LogP contribution in [0.15, 0.2) is 36.8 Å². The van der Waals surface area contributed by atoms with Crippen molar-refractivity contribution in [3.8, 4) is 5.75 Å². The number of rotatable bonds is 6. The third-order valence-corrected chi connectivity index (χ3v) is 3.04. The Morgan fingerprint density at radius 2 is 2.00 bits per heavy atom. The summed E-state index contributed by atoms with van der Waals surface area (Å²) in [7, 11) is 0. The van der Waals surface area contributed by atoms with Crippen molar-refractivity contribution < 1.29 is 9.84 Å². The van der Waals surface area contributed by atoms with Gasteiger partial charge in [-0.15, -0.1) is 0 Å². The van der Waals surface area contributed by atoms with Crippen molar-refractivity contribution in [3.05, 3.63) is 47.4 Å². The molecule has 1 heterocycles. The predicted molar refractivity (Wildman–Crippen MR) is 82.7 cm³/mol. The maximum Gasteiger partial charge on any atom is 0.148 e. The van der Waals surface area contributed by atoms with Crippen LogP contribution in [0.1, 0.15) is 25.5 Å². The predicted octanol–water partition coefficient (Wildman–Crippen LogP) is 3.06. The molecule has 0 spiro atoms. The summed E-state index contributed by atoms with van der Waals surface area (Å²) < 4.78 is 5.56. The van der Waals surface area contributed by atoms with Crippen LogP contribution in [-0.4, -0.2) is 27.7 Å². The minimum absolute atomic E-state index is 0.127. The lowest BCUT2D eigenvalue weighted by Gasteiger charge is -2.14. The van der Waals surface area contributed by atoms with Gasteiger partial charge in [0.2, 0.25) is 0 Å². The lowest BCUT2D eigenvalue weighted by molar-refractivity contribution is 0.191. The first kappa shape index (κ1) is 15.5. The summed E-state index contributed by atoms with van der Waals surface area (Å²) in [6.07, 6.45) is 2.37. The van der Waals surface area contributed by atoms with Gasteiger partial charge in [-0.2, -0.15) is 0 Å². The normalized spacial score (nSPS) is 12.2. The Kier molecular flexibility index (Phi) is 5.36. The molecule has 1 aromatic carbocycles. The molecule has 5 nitrogen and oxygen atoms in total. The lowest BCUT2D eigenvalue weighted by atomic mass is 10.1. The van der Waals surface area contributed by atoms with E-state index in [2.05, 4.69) is 15.3 Å². The molecular formula is C15H18ClN3O2. The number of hydrogen-bond donors (Lipinski definition) is 2. The van der Waals surface area contributed by atoms with Crippen molar-refractivity contribution in [2.45, 2.75) is 26.1 Å². The Hall–Kier alpha value is -1.85. The first-order valence-electron chi connectivity index (χ1n) is 6.70. The molecule has 2 aromatic rings. The van der Waals surface area contributed by atoms with Crippen molar-refractivity contribution in [2.75, 3.05) is 11.9 Å². The Balaban J connectivity index is 1.94. The summed E-state index contributed by atoms with van der Waals surface area (Å²) in [6, 6.07) is 7.36. The number of nitrogens with one attached hydrogen (secondary N) is 1. The molecule has 0 saturated heterocycles. The highest BCUT2D eigenvalue weighted by atomic mass is 35.5. The molecule has 6 heteroatoms. The molecule has 2 rings (SSSR count). The van der Waals surface area contributed by atoms with E-state index in [0.717, 1.165) is 11.3 Å². The van der Waals surface area contributed by atoms with Gasteiger partial charge in [0, 0.05) is 6.54 Å². The van der Waals surface area contributed by atoms with E-state index >= 15 is 0 Å².